The summed E-state index contributed by atoms with van der Waals surface area (Å²) in [6.07, 6.45) is 1.28. The van der Waals surface area contributed by atoms with Crippen molar-refractivity contribution < 1.29 is 9.18 Å². The molecule has 0 radical (unpaired) electrons. The van der Waals surface area contributed by atoms with E-state index in [4.69, 9.17) is 0 Å². The first kappa shape index (κ1) is 15.2. The van der Waals surface area contributed by atoms with Crippen molar-refractivity contribution in [3.05, 3.63) is 65.2 Å². The van der Waals surface area contributed by atoms with Crippen LogP contribution in [0.4, 0.5) is 4.39 Å². The molecule has 0 aliphatic carbocycles. The summed E-state index contributed by atoms with van der Waals surface area (Å²) < 4.78 is 13.5. The van der Waals surface area contributed by atoms with Crippen molar-refractivity contribution in [2.45, 2.75) is 19.8 Å². The molecule has 1 heterocycles. The van der Waals surface area contributed by atoms with Crippen LogP contribution < -0.4 is 5.32 Å². The van der Waals surface area contributed by atoms with Gasteiger partial charge in [0.2, 0.25) is 0 Å². The van der Waals surface area contributed by atoms with Crippen molar-refractivity contribution in [3.8, 4) is 0 Å². The van der Waals surface area contributed by atoms with E-state index in [1.54, 1.807) is 30.3 Å². The van der Waals surface area contributed by atoms with Gasteiger partial charge >= 0.3 is 0 Å². The lowest BCUT2D eigenvalue weighted by atomic mass is 10.1. The van der Waals surface area contributed by atoms with E-state index in [-0.39, 0.29) is 11.7 Å². The Balaban J connectivity index is 1.65. The summed E-state index contributed by atoms with van der Waals surface area (Å²) in [7, 11) is 0. The van der Waals surface area contributed by atoms with Gasteiger partial charge in [0.1, 0.15) is 11.6 Å². The number of fused-ring (bicyclic) bond motifs is 1. The number of amides is 1. The molecule has 3 aromatic rings. The van der Waals surface area contributed by atoms with Crippen LogP contribution in [0.5, 0.6) is 0 Å². The normalized spacial score (nSPS) is 10.9. The van der Waals surface area contributed by atoms with Crippen LogP contribution in [-0.2, 0) is 12.8 Å². The zero-order valence-corrected chi connectivity index (χ0v) is 12.9. The largest absolute Gasteiger partial charge is 0.352 e. The fourth-order valence-electron chi connectivity index (χ4n) is 2.49. The molecule has 0 unspecified atom stereocenters. The molecule has 0 saturated carbocycles. The highest BCUT2D eigenvalue weighted by atomic mass is 19.1. The maximum atomic E-state index is 13.5. The highest BCUT2D eigenvalue weighted by molar-refractivity contribution is 5.97. The fraction of sp³-hybridized carbons (Fsp3) is 0.222. The second-order valence-electron chi connectivity index (χ2n) is 5.37. The number of hydrogen-bond acceptors (Lipinski definition) is 2. The molecule has 3 rings (SSSR count). The van der Waals surface area contributed by atoms with Gasteiger partial charge < -0.3 is 10.3 Å². The molecular formula is C18H18FN3O. The summed E-state index contributed by atoms with van der Waals surface area (Å²) in [5, 5.41) is 2.82. The number of aromatic amines is 1. The van der Waals surface area contributed by atoms with Gasteiger partial charge in [0, 0.05) is 18.5 Å². The Morgan fingerprint density at radius 3 is 2.87 bits per heavy atom. The number of rotatable bonds is 5. The molecule has 2 aromatic carbocycles. The fourth-order valence-corrected chi connectivity index (χ4v) is 2.49. The molecule has 1 amide bonds. The molecule has 1 aromatic heterocycles. The Morgan fingerprint density at radius 2 is 2.09 bits per heavy atom. The van der Waals surface area contributed by atoms with E-state index < -0.39 is 0 Å². The predicted molar refractivity (Wildman–Crippen MR) is 87.9 cm³/mol. The second-order valence-corrected chi connectivity index (χ2v) is 5.37. The molecule has 5 heteroatoms. The van der Waals surface area contributed by atoms with Gasteiger partial charge in [-0.25, -0.2) is 9.37 Å². The third-order valence-corrected chi connectivity index (χ3v) is 3.77. The number of aromatic nitrogens is 2. The Bertz CT molecular complexity index is 841. The number of hydrogen-bond donors (Lipinski definition) is 2. The van der Waals surface area contributed by atoms with E-state index in [0.717, 1.165) is 23.3 Å². The molecule has 118 valence electrons. The molecule has 0 atom stereocenters. The molecule has 0 aliphatic rings. The number of imidazole rings is 1. The summed E-state index contributed by atoms with van der Waals surface area (Å²) in [4.78, 5) is 19.8. The maximum Gasteiger partial charge on any atom is 0.251 e. The average Bonchev–Trinajstić information content (AvgIpc) is 2.98. The van der Waals surface area contributed by atoms with Gasteiger partial charge in [0.15, 0.2) is 0 Å². The molecule has 2 N–H and O–H groups in total. The van der Waals surface area contributed by atoms with Gasteiger partial charge in [-0.15, -0.1) is 0 Å². The zero-order valence-electron chi connectivity index (χ0n) is 12.9. The van der Waals surface area contributed by atoms with Crippen molar-refractivity contribution in [1.82, 2.24) is 15.3 Å². The summed E-state index contributed by atoms with van der Waals surface area (Å²) in [6.45, 7) is 2.41. The molecule has 0 aliphatic heterocycles. The number of H-pyrrole nitrogens is 1. The van der Waals surface area contributed by atoms with Gasteiger partial charge in [-0.3, -0.25) is 4.79 Å². The van der Waals surface area contributed by atoms with Crippen LogP contribution in [0.1, 0.15) is 28.7 Å². The SMILES string of the molecule is CCc1nc2ccc(C(=O)NCCc3ccccc3F)cc2[nH]1. The third kappa shape index (κ3) is 3.39. The zero-order chi connectivity index (χ0) is 16.2. The highest BCUT2D eigenvalue weighted by Crippen LogP contribution is 2.14. The standard InChI is InChI=1S/C18H18FN3O/c1-2-17-21-15-8-7-13(11-16(15)22-17)18(23)20-10-9-12-5-3-4-6-14(12)19/h3-8,11H,2,9-10H2,1H3,(H,20,23)(H,21,22). The van der Waals surface area contributed by atoms with E-state index >= 15 is 0 Å². The van der Waals surface area contributed by atoms with E-state index in [2.05, 4.69) is 15.3 Å². The topological polar surface area (TPSA) is 57.8 Å². The minimum absolute atomic E-state index is 0.170. The van der Waals surface area contributed by atoms with Crippen LogP contribution in [0.3, 0.4) is 0 Å². The molecule has 0 saturated heterocycles. The molecule has 4 nitrogen and oxygen atoms in total. The quantitative estimate of drug-likeness (QED) is 0.760. The summed E-state index contributed by atoms with van der Waals surface area (Å²) in [5.41, 5.74) is 2.87. The van der Waals surface area contributed by atoms with Gasteiger partial charge in [0.05, 0.1) is 11.0 Å². The number of carbonyl (C=O) groups excluding carboxylic acids is 1. The predicted octanol–water partition coefficient (Wildman–Crippen LogP) is 3.24. The first-order valence-electron chi connectivity index (χ1n) is 7.67. The first-order chi connectivity index (χ1) is 11.2. The summed E-state index contributed by atoms with van der Waals surface area (Å²) >= 11 is 0. The van der Waals surface area contributed by atoms with E-state index in [0.29, 0.717) is 24.1 Å². The molecule has 0 bridgehead atoms. The van der Waals surface area contributed by atoms with E-state index in [9.17, 15) is 9.18 Å². The van der Waals surface area contributed by atoms with E-state index in [1.165, 1.54) is 6.07 Å². The Hall–Kier alpha value is -2.69. The van der Waals surface area contributed by atoms with Gasteiger partial charge in [-0.05, 0) is 36.2 Å². The Labute approximate surface area is 133 Å². The minimum atomic E-state index is -0.243. The number of carbonyl (C=O) groups is 1. The lowest BCUT2D eigenvalue weighted by Gasteiger charge is -2.06. The number of nitrogens with zero attached hydrogens (tertiary/aromatic N) is 1. The highest BCUT2D eigenvalue weighted by Gasteiger charge is 2.09. The maximum absolute atomic E-state index is 13.5. The minimum Gasteiger partial charge on any atom is -0.352 e. The van der Waals surface area contributed by atoms with Crippen LogP contribution in [-0.4, -0.2) is 22.4 Å². The monoisotopic (exact) mass is 311 g/mol. The van der Waals surface area contributed by atoms with Gasteiger partial charge in [-0.2, -0.15) is 0 Å². The molecular weight excluding hydrogens is 293 g/mol. The summed E-state index contributed by atoms with van der Waals surface area (Å²) in [5.74, 6) is 0.487. The average molecular weight is 311 g/mol. The van der Waals surface area contributed by atoms with Crippen LogP contribution in [0.2, 0.25) is 0 Å². The van der Waals surface area contributed by atoms with Gasteiger partial charge in [0.25, 0.3) is 5.91 Å². The lowest BCUT2D eigenvalue weighted by molar-refractivity contribution is 0.0954. The van der Waals surface area contributed by atoms with Crippen LogP contribution in [0, 0.1) is 5.82 Å². The second kappa shape index (κ2) is 6.60. The Kier molecular flexibility index (Phi) is 4.37. The smallest absolute Gasteiger partial charge is 0.251 e. The third-order valence-electron chi connectivity index (χ3n) is 3.77. The number of aryl methyl sites for hydroxylation is 1. The number of nitrogens with one attached hydrogen (secondary N) is 2. The molecule has 0 fully saturated rings. The van der Waals surface area contributed by atoms with Crippen molar-refractivity contribution in [3.63, 3.8) is 0 Å². The van der Waals surface area contributed by atoms with Crippen molar-refractivity contribution in [2.24, 2.45) is 0 Å². The van der Waals surface area contributed by atoms with E-state index in [1.807, 2.05) is 13.0 Å². The molecule has 23 heavy (non-hydrogen) atoms. The lowest BCUT2D eigenvalue weighted by Crippen LogP contribution is -2.25. The van der Waals surface area contributed by atoms with Crippen LogP contribution in [0.25, 0.3) is 11.0 Å². The molecule has 0 spiro atoms. The van der Waals surface area contributed by atoms with Crippen molar-refractivity contribution in [1.29, 1.82) is 0 Å². The van der Waals surface area contributed by atoms with Crippen molar-refractivity contribution >= 4 is 16.9 Å². The first-order valence-corrected chi connectivity index (χ1v) is 7.67. The van der Waals surface area contributed by atoms with Crippen molar-refractivity contribution in [2.75, 3.05) is 6.54 Å². The van der Waals surface area contributed by atoms with Crippen LogP contribution >= 0.6 is 0 Å². The number of benzene rings is 2. The van der Waals surface area contributed by atoms with Gasteiger partial charge in [-0.1, -0.05) is 25.1 Å². The van der Waals surface area contributed by atoms with Crippen LogP contribution in [0.15, 0.2) is 42.5 Å². The number of halogens is 1. The summed E-state index contributed by atoms with van der Waals surface area (Å²) in [6, 6.07) is 12.0. The Morgan fingerprint density at radius 1 is 1.26 bits per heavy atom.